The molecule has 3 rings (SSSR count). The van der Waals surface area contributed by atoms with Gasteiger partial charge in [-0.1, -0.05) is 0 Å². The number of amides is 1. The minimum absolute atomic E-state index is 0.0297. The first-order valence-corrected chi connectivity index (χ1v) is 7.97. The first-order chi connectivity index (χ1) is 10.0. The molecule has 0 aromatic heterocycles. The summed E-state index contributed by atoms with van der Waals surface area (Å²) in [6.45, 7) is 0. The number of ether oxygens (including phenoxy) is 1. The van der Waals surface area contributed by atoms with Gasteiger partial charge in [0, 0.05) is 29.4 Å². The minimum Gasteiger partial charge on any atom is -0.446 e. The zero-order chi connectivity index (χ0) is 15.0. The van der Waals surface area contributed by atoms with E-state index in [0.717, 1.165) is 12.8 Å². The van der Waals surface area contributed by atoms with Crippen molar-refractivity contribution in [3.8, 4) is 0 Å². The van der Waals surface area contributed by atoms with Crippen molar-refractivity contribution in [2.75, 3.05) is 12.4 Å². The van der Waals surface area contributed by atoms with E-state index < -0.39 is 6.09 Å². The topological polar surface area (TPSA) is 41.6 Å². The number of anilines is 1. The second-order valence-corrected chi connectivity index (χ2v) is 6.65. The van der Waals surface area contributed by atoms with E-state index in [0.29, 0.717) is 22.2 Å². The maximum Gasteiger partial charge on any atom is 0.411 e. The smallest absolute Gasteiger partial charge is 0.411 e. The lowest BCUT2D eigenvalue weighted by Gasteiger charge is -2.35. The summed E-state index contributed by atoms with van der Waals surface area (Å²) >= 11 is 3.22. The summed E-state index contributed by atoms with van der Waals surface area (Å²) in [5, 5.41) is 2.66. The van der Waals surface area contributed by atoms with Gasteiger partial charge in [-0.25, -0.2) is 9.18 Å². The molecule has 1 aromatic carbocycles. The molecule has 2 unspecified atom stereocenters. The highest BCUT2D eigenvalue weighted by molar-refractivity contribution is 9.10. The molecule has 21 heavy (non-hydrogen) atoms. The van der Waals surface area contributed by atoms with Gasteiger partial charge >= 0.3 is 6.09 Å². The van der Waals surface area contributed by atoms with Crippen molar-refractivity contribution in [1.29, 1.82) is 0 Å². The first kappa shape index (κ1) is 14.8. The number of halogens is 2. The summed E-state index contributed by atoms with van der Waals surface area (Å²) in [7, 11) is 2.15. The van der Waals surface area contributed by atoms with Gasteiger partial charge in [0.15, 0.2) is 0 Å². The van der Waals surface area contributed by atoms with Crippen molar-refractivity contribution < 1.29 is 13.9 Å². The highest BCUT2D eigenvalue weighted by Gasteiger charge is 2.39. The number of rotatable bonds is 2. The van der Waals surface area contributed by atoms with E-state index in [1.165, 1.54) is 31.0 Å². The number of piperidine rings is 1. The van der Waals surface area contributed by atoms with Gasteiger partial charge < -0.3 is 9.64 Å². The summed E-state index contributed by atoms with van der Waals surface area (Å²) in [6, 6.07) is 5.18. The fourth-order valence-electron chi connectivity index (χ4n) is 3.34. The Hall–Kier alpha value is -1.14. The predicted molar refractivity (Wildman–Crippen MR) is 81.8 cm³/mol. The van der Waals surface area contributed by atoms with Crippen LogP contribution in [0.2, 0.25) is 0 Å². The molecular formula is C15H18BrFN2O2. The Morgan fingerprint density at radius 3 is 2.67 bits per heavy atom. The average molecular weight is 357 g/mol. The summed E-state index contributed by atoms with van der Waals surface area (Å²) in [4.78, 5) is 14.4. The van der Waals surface area contributed by atoms with Crippen molar-refractivity contribution in [3.63, 3.8) is 0 Å². The molecule has 2 saturated heterocycles. The number of carbonyl (C=O) groups is 1. The number of carbonyl (C=O) groups excluding carboxylic acids is 1. The molecule has 2 aliphatic rings. The Morgan fingerprint density at radius 1 is 1.38 bits per heavy atom. The lowest BCUT2D eigenvalue weighted by Crippen LogP contribution is -2.43. The Balaban J connectivity index is 1.57. The fraction of sp³-hybridized carbons (Fsp3) is 0.533. The zero-order valence-electron chi connectivity index (χ0n) is 11.8. The van der Waals surface area contributed by atoms with Gasteiger partial charge in [0.25, 0.3) is 0 Å². The Kier molecular flexibility index (Phi) is 4.17. The van der Waals surface area contributed by atoms with E-state index in [1.54, 1.807) is 0 Å². The van der Waals surface area contributed by atoms with Crippen LogP contribution in [0.25, 0.3) is 0 Å². The van der Waals surface area contributed by atoms with Crippen molar-refractivity contribution >= 4 is 27.7 Å². The van der Waals surface area contributed by atoms with Crippen molar-refractivity contribution in [2.45, 2.75) is 43.9 Å². The average Bonchev–Trinajstić information content (AvgIpc) is 2.64. The summed E-state index contributed by atoms with van der Waals surface area (Å²) in [5.41, 5.74) is 0.511. The quantitative estimate of drug-likeness (QED) is 0.876. The highest BCUT2D eigenvalue weighted by atomic mass is 79.9. The molecule has 2 bridgehead atoms. The molecule has 2 heterocycles. The molecule has 0 aliphatic carbocycles. The number of nitrogens with zero attached hydrogens (tertiary/aromatic N) is 1. The standard InChI is InChI=1S/C15H18BrFN2O2/c1-19-10-3-4-11(19)8-12(7-10)21-15(20)18-14-5-2-9(17)6-13(14)16/h2,5-6,10-12H,3-4,7-8H2,1H3,(H,18,20)/t10-,11?,12?/m1/s1. The predicted octanol–water partition coefficient (Wildman–Crippen LogP) is 3.76. The molecule has 114 valence electrons. The Morgan fingerprint density at radius 2 is 2.05 bits per heavy atom. The van der Waals surface area contributed by atoms with Gasteiger partial charge in [-0.05, 0) is 54.0 Å². The van der Waals surface area contributed by atoms with Gasteiger partial charge in [0.1, 0.15) is 11.9 Å². The minimum atomic E-state index is -0.476. The number of fused-ring (bicyclic) bond motifs is 2. The number of nitrogens with one attached hydrogen (secondary N) is 1. The van der Waals surface area contributed by atoms with Gasteiger partial charge in [-0.2, -0.15) is 0 Å². The third kappa shape index (κ3) is 3.21. The molecule has 1 N–H and O–H groups in total. The third-order valence-electron chi connectivity index (χ3n) is 4.50. The van der Waals surface area contributed by atoms with Crippen LogP contribution in [0, 0.1) is 5.82 Å². The van der Waals surface area contributed by atoms with E-state index in [2.05, 4.69) is 33.2 Å². The summed E-state index contributed by atoms with van der Waals surface area (Å²) < 4.78 is 19.0. The molecule has 1 aromatic rings. The number of hydrogen-bond donors (Lipinski definition) is 1. The Labute approximate surface area is 131 Å². The molecular weight excluding hydrogens is 339 g/mol. The lowest BCUT2D eigenvalue weighted by atomic mass is 10.0. The molecule has 1 amide bonds. The molecule has 6 heteroatoms. The van der Waals surface area contributed by atoms with Crippen molar-refractivity contribution in [2.24, 2.45) is 0 Å². The maximum atomic E-state index is 13.0. The van der Waals surface area contributed by atoms with E-state index in [1.807, 2.05) is 0 Å². The third-order valence-corrected chi connectivity index (χ3v) is 5.15. The van der Waals surface area contributed by atoms with Crippen LogP contribution in [-0.4, -0.2) is 36.2 Å². The van der Waals surface area contributed by atoms with Crippen LogP contribution in [0.3, 0.4) is 0 Å². The van der Waals surface area contributed by atoms with Gasteiger partial charge in [-0.3, -0.25) is 5.32 Å². The van der Waals surface area contributed by atoms with E-state index >= 15 is 0 Å². The monoisotopic (exact) mass is 356 g/mol. The second kappa shape index (κ2) is 5.93. The zero-order valence-corrected chi connectivity index (χ0v) is 13.4. The van der Waals surface area contributed by atoms with Gasteiger partial charge in [-0.15, -0.1) is 0 Å². The van der Waals surface area contributed by atoms with Crippen LogP contribution >= 0.6 is 15.9 Å². The van der Waals surface area contributed by atoms with Crippen LogP contribution < -0.4 is 5.32 Å². The highest BCUT2D eigenvalue weighted by Crippen LogP contribution is 2.35. The molecule has 0 saturated carbocycles. The lowest BCUT2D eigenvalue weighted by molar-refractivity contribution is 0.0348. The first-order valence-electron chi connectivity index (χ1n) is 7.17. The SMILES string of the molecule is CN1C2CC[C@@H]1CC(OC(=O)Nc1ccc(F)cc1Br)C2. The molecule has 3 atom stereocenters. The van der Waals surface area contributed by atoms with Crippen molar-refractivity contribution in [3.05, 3.63) is 28.5 Å². The van der Waals surface area contributed by atoms with Crippen LogP contribution in [-0.2, 0) is 4.74 Å². The summed E-state index contributed by atoms with van der Waals surface area (Å²) in [6.07, 6.45) is 3.66. The van der Waals surface area contributed by atoms with E-state index in [9.17, 15) is 9.18 Å². The van der Waals surface area contributed by atoms with E-state index in [-0.39, 0.29) is 11.9 Å². The summed E-state index contributed by atoms with van der Waals surface area (Å²) in [5.74, 6) is -0.354. The number of benzene rings is 1. The van der Waals surface area contributed by atoms with Crippen LogP contribution in [0.1, 0.15) is 25.7 Å². The molecule has 2 aliphatic heterocycles. The van der Waals surface area contributed by atoms with Gasteiger partial charge in [0.05, 0.1) is 5.69 Å². The normalized spacial score (nSPS) is 28.4. The molecule has 2 fully saturated rings. The molecule has 4 nitrogen and oxygen atoms in total. The largest absolute Gasteiger partial charge is 0.446 e. The van der Waals surface area contributed by atoms with Crippen LogP contribution in [0.15, 0.2) is 22.7 Å². The van der Waals surface area contributed by atoms with Crippen LogP contribution in [0.4, 0.5) is 14.9 Å². The van der Waals surface area contributed by atoms with Gasteiger partial charge in [0.2, 0.25) is 0 Å². The maximum absolute atomic E-state index is 13.0. The fourth-order valence-corrected chi connectivity index (χ4v) is 3.79. The molecule has 0 spiro atoms. The van der Waals surface area contributed by atoms with E-state index in [4.69, 9.17) is 4.74 Å². The van der Waals surface area contributed by atoms with Crippen molar-refractivity contribution in [1.82, 2.24) is 4.90 Å². The van der Waals surface area contributed by atoms with Crippen LogP contribution in [0.5, 0.6) is 0 Å². The second-order valence-electron chi connectivity index (χ2n) is 5.80. The Bertz CT molecular complexity index is 540. The molecule has 0 radical (unpaired) electrons. The number of hydrogen-bond acceptors (Lipinski definition) is 3.